The molecule has 106 valence electrons. The van der Waals surface area contributed by atoms with Gasteiger partial charge in [0.1, 0.15) is 5.75 Å². The highest BCUT2D eigenvalue weighted by Gasteiger charge is 2.07. The van der Waals surface area contributed by atoms with Crippen LogP contribution in [-0.2, 0) is 0 Å². The molecule has 0 aromatic heterocycles. The third-order valence-electron chi connectivity index (χ3n) is 2.31. The van der Waals surface area contributed by atoms with E-state index < -0.39 is 25.7 Å². The van der Waals surface area contributed by atoms with Crippen LogP contribution in [0.4, 0.5) is 8.78 Å². The molecule has 0 atom stereocenters. The van der Waals surface area contributed by atoms with Crippen LogP contribution in [0.3, 0.4) is 0 Å². The van der Waals surface area contributed by atoms with Crippen molar-refractivity contribution in [3.63, 3.8) is 0 Å². The van der Waals surface area contributed by atoms with E-state index in [1.54, 1.807) is 0 Å². The van der Waals surface area contributed by atoms with Gasteiger partial charge in [-0.05, 0) is 43.6 Å². The first-order valence-corrected chi connectivity index (χ1v) is 5.94. The zero-order valence-electron chi connectivity index (χ0n) is 13.9. The van der Waals surface area contributed by atoms with E-state index in [1.807, 2.05) is 0 Å². The fourth-order valence-corrected chi connectivity index (χ4v) is 1.33. The lowest BCUT2D eigenvalue weighted by atomic mass is 9.89. The number of halogens is 2. The molecule has 0 fully saturated rings. The van der Waals surface area contributed by atoms with Gasteiger partial charge in [-0.1, -0.05) is 5.92 Å². The van der Waals surface area contributed by atoms with Crippen molar-refractivity contribution < 1.29 is 22.7 Å². The van der Waals surface area contributed by atoms with Crippen molar-refractivity contribution in [3.8, 4) is 17.6 Å². The molecule has 20 heavy (non-hydrogen) atoms. The molecule has 0 aliphatic heterocycles. The molecule has 1 rings (SSSR count). The Balaban J connectivity index is 2.71. The Morgan fingerprint density at radius 2 is 2.15 bits per heavy atom. The van der Waals surface area contributed by atoms with Gasteiger partial charge in [0.05, 0.1) is 11.2 Å². The van der Waals surface area contributed by atoms with Gasteiger partial charge >= 0.3 is 7.05 Å². The quantitative estimate of drug-likeness (QED) is 0.495. The molecule has 0 unspecified atom stereocenters. The second kappa shape index (κ2) is 8.36. The second-order valence-corrected chi connectivity index (χ2v) is 3.94. The van der Waals surface area contributed by atoms with Crippen molar-refractivity contribution >= 4 is 12.9 Å². The van der Waals surface area contributed by atoms with Crippen molar-refractivity contribution in [2.45, 2.75) is 13.2 Å². The maximum absolute atomic E-state index is 13.8. The van der Waals surface area contributed by atoms with E-state index in [4.69, 9.17) is 9.14 Å². The number of methoxy groups -OCH3 is 1. The van der Waals surface area contributed by atoms with Gasteiger partial charge in [-0.3, -0.25) is 0 Å². The minimum Gasteiger partial charge on any atom is -0.497 e. The molecule has 1 aromatic rings. The fraction of sp³-hybridized carbons (Fsp3) is 0.286. The Hall–Kier alpha value is -1.84. The minimum absolute atomic E-state index is 0.0252. The van der Waals surface area contributed by atoms with Gasteiger partial charge in [0, 0.05) is 12.0 Å². The van der Waals surface area contributed by atoms with Crippen LogP contribution < -0.4 is 9.96 Å². The summed E-state index contributed by atoms with van der Waals surface area (Å²) >= 11 is 0. The third kappa shape index (κ3) is 5.43. The molecule has 1 aromatic carbocycles. The average Bonchev–Trinajstić information content (AvgIpc) is 2.44. The lowest BCUT2D eigenvalue weighted by Crippen LogP contribution is -2.30. The van der Waals surface area contributed by atoms with Crippen molar-refractivity contribution in [2.24, 2.45) is 0 Å². The van der Waals surface area contributed by atoms with Gasteiger partial charge in [-0.25, -0.2) is 4.39 Å². The fourth-order valence-electron chi connectivity index (χ4n) is 1.33. The molecule has 2 N–H and O–H groups in total. The molecule has 3 nitrogen and oxygen atoms in total. The molecule has 0 radical (unpaired) electrons. The summed E-state index contributed by atoms with van der Waals surface area (Å²) in [6.45, 7) is 1.88. The molecule has 0 saturated heterocycles. The normalized spacial score (nSPS) is 14.1. The Kier molecular flexibility index (Phi) is 4.99. The van der Waals surface area contributed by atoms with Crippen LogP contribution in [0.25, 0.3) is 5.83 Å². The van der Waals surface area contributed by atoms with E-state index in [0.29, 0.717) is 6.54 Å². The summed E-state index contributed by atoms with van der Waals surface area (Å²) in [5, 5.41) is 11.6. The summed E-state index contributed by atoms with van der Waals surface area (Å²) in [5.41, 5.74) is -0.0724. The largest absolute Gasteiger partial charge is 0.497 e. The minimum atomic E-state index is -2.60. The van der Waals surface area contributed by atoms with Crippen LogP contribution in [-0.4, -0.2) is 25.7 Å². The van der Waals surface area contributed by atoms with E-state index in [2.05, 4.69) is 21.8 Å². The van der Waals surface area contributed by atoms with E-state index in [1.165, 1.54) is 31.1 Å². The molecular weight excluding hydrogens is 263 g/mol. The summed E-state index contributed by atoms with van der Waals surface area (Å²) in [6.07, 6.45) is 0.247. The van der Waals surface area contributed by atoms with Crippen LogP contribution in [0.15, 0.2) is 30.1 Å². The average molecular weight is 282 g/mol. The first kappa shape index (κ1) is 11.9. The molecule has 0 aliphatic rings. The standard InChI is InChI=1S/C14H16BF2NO2/c1-15(19)18-10-4-3-5-13(16)14(17)11-6-8-12(20-2)9-7-11/h6-9,18-19H,4,10H2,1-2H3/b14-13-/i2D3. The van der Waals surface area contributed by atoms with Gasteiger partial charge in [-0.2, -0.15) is 4.39 Å². The van der Waals surface area contributed by atoms with Crippen LogP contribution in [0.2, 0.25) is 6.82 Å². The first-order chi connectivity index (χ1) is 10.7. The Morgan fingerprint density at radius 1 is 1.45 bits per heavy atom. The lowest BCUT2D eigenvalue weighted by Gasteiger charge is -2.01. The molecule has 0 bridgehead atoms. The van der Waals surface area contributed by atoms with Crippen LogP contribution in [0.1, 0.15) is 16.1 Å². The van der Waals surface area contributed by atoms with Crippen LogP contribution in [0.5, 0.6) is 5.75 Å². The van der Waals surface area contributed by atoms with E-state index in [0.717, 1.165) is 0 Å². The second-order valence-electron chi connectivity index (χ2n) is 3.94. The summed E-state index contributed by atoms with van der Waals surface area (Å²) in [7, 11) is -3.29. The Morgan fingerprint density at radius 3 is 2.75 bits per heavy atom. The van der Waals surface area contributed by atoms with Crippen molar-refractivity contribution in [3.05, 3.63) is 35.7 Å². The number of benzene rings is 1. The van der Waals surface area contributed by atoms with Gasteiger partial charge in [0.15, 0.2) is 5.83 Å². The molecule has 6 heteroatoms. The van der Waals surface area contributed by atoms with Crippen LogP contribution in [0, 0.1) is 11.8 Å². The van der Waals surface area contributed by atoms with Gasteiger partial charge in [0.25, 0.3) is 0 Å². The van der Waals surface area contributed by atoms with E-state index in [-0.39, 0.29) is 17.7 Å². The first-order valence-electron chi connectivity index (χ1n) is 7.44. The SMILES string of the molecule is [2H]C([2H])([2H])Oc1ccc(/C(F)=C(/F)C#CCCNB(C)O)cc1. The zero-order valence-corrected chi connectivity index (χ0v) is 10.9. The number of nitrogens with one attached hydrogen (secondary N) is 1. The highest BCUT2D eigenvalue weighted by Crippen LogP contribution is 2.23. The monoisotopic (exact) mass is 282 g/mol. The highest BCUT2D eigenvalue weighted by atomic mass is 19.2. The molecule has 0 saturated carbocycles. The maximum Gasteiger partial charge on any atom is 0.373 e. The smallest absolute Gasteiger partial charge is 0.373 e. The third-order valence-corrected chi connectivity index (χ3v) is 2.31. The summed E-state index contributed by atoms with van der Waals surface area (Å²) in [6, 6.07) is 4.86. The summed E-state index contributed by atoms with van der Waals surface area (Å²) < 4.78 is 52.9. The maximum atomic E-state index is 13.8. The molecule has 0 aliphatic carbocycles. The molecule has 0 spiro atoms. The number of hydrogen-bond acceptors (Lipinski definition) is 3. The number of ether oxygens (including phenoxy) is 1. The predicted molar refractivity (Wildman–Crippen MR) is 76.4 cm³/mol. The number of allylic oxidation sites excluding steroid dienone is 1. The lowest BCUT2D eigenvalue weighted by molar-refractivity contribution is 0.414. The molecule has 0 heterocycles. The molecule has 0 amide bonds. The van der Waals surface area contributed by atoms with Crippen molar-refractivity contribution in [2.75, 3.05) is 13.6 Å². The zero-order chi connectivity index (χ0) is 17.5. The molecular formula is C14H16BF2NO2. The summed E-state index contributed by atoms with van der Waals surface area (Å²) in [4.78, 5) is 0. The number of hydrogen-bond donors (Lipinski definition) is 2. The number of rotatable bonds is 5. The Labute approximate surface area is 122 Å². The van der Waals surface area contributed by atoms with E-state index >= 15 is 0 Å². The van der Waals surface area contributed by atoms with Gasteiger partial charge < -0.3 is 15.0 Å². The predicted octanol–water partition coefficient (Wildman–Crippen LogP) is 2.40. The Bertz CT molecular complexity index is 607. The van der Waals surface area contributed by atoms with Gasteiger partial charge in [0.2, 0.25) is 5.83 Å². The highest BCUT2D eigenvalue weighted by molar-refractivity contribution is 6.45. The van der Waals surface area contributed by atoms with E-state index in [9.17, 15) is 8.78 Å². The van der Waals surface area contributed by atoms with Crippen LogP contribution >= 0.6 is 0 Å². The van der Waals surface area contributed by atoms with Gasteiger partial charge in [-0.15, -0.1) is 0 Å². The topological polar surface area (TPSA) is 41.5 Å². The van der Waals surface area contributed by atoms with Crippen molar-refractivity contribution in [1.29, 1.82) is 0 Å². The van der Waals surface area contributed by atoms with Crippen molar-refractivity contribution in [1.82, 2.24) is 5.23 Å². The summed E-state index contributed by atoms with van der Waals surface area (Å²) in [5.74, 6) is 2.16.